The predicted molar refractivity (Wildman–Crippen MR) is 190 cm³/mol. The van der Waals surface area contributed by atoms with Crippen molar-refractivity contribution in [3.05, 3.63) is 170 Å². The Hall–Kier alpha value is -5.72. The van der Waals surface area contributed by atoms with Gasteiger partial charge < -0.3 is 0 Å². The van der Waals surface area contributed by atoms with Gasteiger partial charge in [0.2, 0.25) is 0 Å². The fourth-order valence-corrected chi connectivity index (χ4v) is 7.21. The fraction of sp³-hybridized carbons (Fsp3) is 0. The maximum absolute atomic E-state index is 2.41. The molecule has 9 aromatic rings. The second kappa shape index (κ2) is 9.93. The summed E-state index contributed by atoms with van der Waals surface area (Å²) in [5.41, 5.74) is 7.60. The monoisotopic (exact) mass is 556 g/mol. The predicted octanol–water partition coefficient (Wildman–Crippen LogP) is 12.5. The zero-order valence-electron chi connectivity index (χ0n) is 24.2. The van der Waals surface area contributed by atoms with Gasteiger partial charge in [-0.15, -0.1) is 0 Å². The molecule has 0 atom stereocenters. The van der Waals surface area contributed by atoms with Gasteiger partial charge in [-0.25, -0.2) is 0 Å². The van der Waals surface area contributed by atoms with Crippen LogP contribution in [0.25, 0.3) is 87.2 Å². The largest absolute Gasteiger partial charge is 0.0616 e. The third-order valence-corrected chi connectivity index (χ3v) is 9.20. The Balaban J connectivity index is 1.41. The number of rotatable bonds is 3. The lowest BCUT2D eigenvalue weighted by Crippen LogP contribution is -1.93. The molecule has 0 N–H and O–H groups in total. The maximum atomic E-state index is 2.41. The van der Waals surface area contributed by atoms with Gasteiger partial charge >= 0.3 is 0 Å². The van der Waals surface area contributed by atoms with Gasteiger partial charge in [0, 0.05) is 0 Å². The lowest BCUT2D eigenvalue weighted by atomic mass is 9.83. The first-order chi connectivity index (χ1) is 21.8. The van der Waals surface area contributed by atoms with Crippen LogP contribution in [0.15, 0.2) is 170 Å². The highest BCUT2D eigenvalue weighted by molar-refractivity contribution is 6.25. The minimum atomic E-state index is 1.23. The van der Waals surface area contributed by atoms with Crippen LogP contribution in [0.5, 0.6) is 0 Å². The highest BCUT2D eigenvalue weighted by atomic mass is 14.2. The molecule has 0 unspecified atom stereocenters. The molecule has 9 aromatic carbocycles. The maximum Gasteiger partial charge on any atom is -0.00199 e. The van der Waals surface area contributed by atoms with Crippen LogP contribution in [0.1, 0.15) is 0 Å². The second-order valence-electron chi connectivity index (χ2n) is 11.7. The number of hydrogen-bond donors (Lipinski definition) is 0. The van der Waals surface area contributed by atoms with Gasteiger partial charge in [0.15, 0.2) is 0 Å². The van der Waals surface area contributed by atoms with Crippen molar-refractivity contribution in [2.75, 3.05) is 0 Å². The first-order valence-electron chi connectivity index (χ1n) is 15.3. The summed E-state index contributed by atoms with van der Waals surface area (Å²) < 4.78 is 0. The summed E-state index contributed by atoms with van der Waals surface area (Å²) in [6.45, 7) is 0. The van der Waals surface area contributed by atoms with E-state index < -0.39 is 0 Å². The van der Waals surface area contributed by atoms with E-state index in [1.807, 2.05) is 0 Å². The van der Waals surface area contributed by atoms with E-state index in [1.54, 1.807) is 0 Å². The zero-order chi connectivity index (χ0) is 29.0. The third kappa shape index (κ3) is 3.85. The molecule has 0 heterocycles. The van der Waals surface area contributed by atoms with Crippen LogP contribution in [0.2, 0.25) is 0 Å². The van der Waals surface area contributed by atoms with E-state index in [-0.39, 0.29) is 0 Å². The average molecular weight is 557 g/mol. The molecule has 0 aliphatic heterocycles. The number of hydrogen-bond acceptors (Lipinski definition) is 0. The van der Waals surface area contributed by atoms with Gasteiger partial charge in [-0.1, -0.05) is 152 Å². The van der Waals surface area contributed by atoms with E-state index in [0.717, 1.165) is 0 Å². The van der Waals surface area contributed by atoms with E-state index in [4.69, 9.17) is 0 Å². The summed E-state index contributed by atoms with van der Waals surface area (Å²) in [7, 11) is 0. The first kappa shape index (κ1) is 24.8. The van der Waals surface area contributed by atoms with Crippen LogP contribution in [0, 0.1) is 0 Å². The van der Waals surface area contributed by atoms with Crippen LogP contribution in [-0.2, 0) is 0 Å². The molecule has 0 aliphatic carbocycles. The van der Waals surface area contributed by atoms with Crippen LogP contribution in [0.3, 0.4) is 0 Å². The second-order valence-corrected chi connectivity index (χ2v) is 11.7. The Labute approximate surface area is 256 Å². The summed E-state index contributed by atoms with van der Waals surface area (Å²) in [6, 6.07) is 62.4. The van der Waals surface area contributed by atoms with Crippen molar-refractivity contribution in [1.29, 1.82) is 0 Å². The van der Waals surface area contributed by atoms with E-state index in [1.165, 1.54) is 87.2 Å². The molecular formula is C44H28. The summed E-state index contributed by atoms with van der Waals surface area (Å²) >= 11 is 0. The molecule has 0 saturated carbocycles. The summed E-state index contributed by atoms with van der Waals surface area (Å²) in [6.07, 6.45) is 0. The van der Waals surface area contributed by atoms with Crippen molar-refractivity contribution in [2.24, 2.45) is 0 Å². The van der Waals surface area contributed by atoms with Gasteiger partial charge in [0.1, 0.15) is 0 Å². The highest BCUT2D eigenvalue weighted by Gasteiger charge is 2.19. The lowest BCUT2D eigenvalue weighted by Gasteiger charge is -2.20. The van der Waals surface area contributed by atoms with E-state index >= 15 is 0 Å². The molecule has 0 aromatic heterocycles. The van der Waals surface area contributed by atoms with Crippen molar-refractivity contribution in [2.45, 2.75) is 0 Å². The van der Waals surface area contributed by atoms with Gasteiger partial charge in [0.05, 0.1) is 0 Å². The Kier molecular flexibility index (Phi) is 5.61. The summed E-state index contributed by atoms with van der Waals surface area (Å²) in [4.78, 5) is 0. The average Bonchev–Trinajstić information content (AvgIpc) is 3.10. The van der Waals surface area contributed by atoms with Gasteiger partial charge in [-0.3, -0.25) is 0 Å². The topological polar surface area (TPSA) is 0 Å². The minimum Gasteiger partial charge on any atom is -0.0616 e. The molecule has 0 amide bonds. The van der Waals surface area contributed by atoms with Crippen LogP contribution >= 0.6 is 0 Å². The molecule has 0 saturated heterocycles. The van der Waals surface area contributed by atoms with Crippen LogP contribution in [0.4, 0.5) is 0 Å². The lowest BCUT2D eigenvalue weighted by molar-refractivity contribution is 1.65. The summed E-state index contributed by atoms with van der Waals surface area (Å²) in [5, 5.41) is 12.7. The van der Waals surface area contributed by atoms with Gasteiger partial charge in [-0.05, 0) is 105 Å². The van der Waals surface area contributed by atoms with Crippen LogP contribution < -0.4 is 0 Å². The standard InChI is InChI=1S/C44H28/c1-2-14-31-26-32(25-24-29(31)12-1)34-27-33-15-4-6-18-36(33)42(28-34)44-40-21-9-7-19-38(40)43(39-20-8-10-22-41(39)44)37-23-11-16-30-13-3-5-17-35(30)37/h1-28H. The van der Waals surface area contributed by atoms with Crippen molar-refractivity contribution < 1.29 is 0 Å². The molecule has 0 spiro atoms. The Morgan fingerprint density at radius 3 is 1.34 bits per heavy atom. The third-order valence-electron chi connectivity index (χ3n) is 9.20. The molecule has 204 valence electrons. The number of fused-ring (bicyclic) bond motifs is 5. The van der Waals surface area contributed by atoms with E-state index in [2.05, 4.69) is 170 Å². The van der Waals surface area contributed by atoms with Crippen molar-refractivity contribution in [3.63, 3.8) is 0 Å². The molecule has 0 fully saturated rings. The highest BCUT2D eigenvalue weighted by Crippen LogP contribution is 2.47. The van der Waals surface area contributed by atoms with Crippen LogP contribution in [-0.4, -0.2) is 0 Å². The molecule has 9 rings (SSSR count). The Morgan fingerprint density at radius 1 is 0.227 bits per heavy atom. The zero-order valence-corrected chi connectivity index (χ0v) is 24.2. The van der Waals surface area contributed by atoms with Gasteiger partial charge in [-0.2, -0.15) is 0 Å². The molecule has 0 aliphatic rings. The molecule has 0 radical (unpaired) electrons. The minimum absolute atomic E-state index is 1.23. The molecule has 0 heteroatoms. The van der Waals surface area contributed by atoms with E-state index in [0.29, 0.717) is 0 Å². The first-order valence-corrected chi connectivity index (χ1v) is 15.3. The molecular weight excluding hydrogens is 528 g/mol. The van der Waals surface area contributed by atoms with E-state index in [9.17, 15) is 0 Å². The van der Waals surface area contributed by atoms with Crippen molar-refractivity contribution >= 4 is 53.9 Å². The fourth-order valence-electron chi connectivity index (χ4n) is 7.21. The quantitative estimate of drug-likeness (QED) is 0.190. The SMILES string of the molecule is c1ccc2cc(-c3cc(-c4c5ccccc5c(-c5cccc6ccccc56)c5ccccc45)c4ccccc4c3)ccc2c1. The normalized spacial score (nSPS) is 11.6. The Bertz CT molecular complexity index is 2490. The number of benzene rings is 9. The summed E-state index contributed by atoms with van der Waals surface area (Å²) in [5.74, 6) is 0. The van der Waals surface area contributed by atoms with Crippen molar-refractivity contribution in [3.8, 4) is 33.4 Å². The Morgan fingerprint density at radius 2 is 0.682 bits per heavy atom. The van der Waals surface area contributed by atoms with Crippen molar-refractivity contribution in [1.82, 2.24) is 0 Å². The van der Waals surface area contributed by atoms with Gasteiger partial charge in [0.25, 0.3) is 0 Å². The molecule has 0 bridgehead atoms. The smallest absolute Gasteiger partial charge is 0.00199 e. The molecule has 0 nitrogen and oxygen atoms in total. The molecule has 44 heavy (non-hydrogen) atoms.